The summed E-state index contributed by atoms with van der Waals surface area (Å²) in [6, 6.07) is 54.6. The number of nitrogens with zero attached hydrogens (tertiary/aromatic N) is 4. The maximum atomic E-state index is 13.0. The predicted octanol–water partition coefficient (Wildman–Crippen LogP) is 14.7. The predicted molar refractivity (Wildman–Crippen MR) is 381 cm³/mol. The van der Waals surface area contributed by atoms with Crippen molar-refractivity contribution in [1.29, 1.82) is 10.5 Å². The molecular weight excluding hydrogens is 1390 g/mol. The Balaban J connectivity index is 0.000000169. The number of halogens is 2. The average molecular weight is 1480 g/mol. The Bertz CT molecular complexity index is 4000. The second kappa shape index (κ2) is 33.1. The molecule has 0 heterocycles. The van der Waals surface area contributed by atoms with Crippen molar-refractivity contribution >= 4 is 67.4 Å². The van der Waals surface area contributed by atoms with Crippen LogP contribution in [0, 0.1) is 85.9 Å². The maximum absolute atomic E-state index is 13.0. The van der Waals surface area contributed by atoms with Gasteiger partial charge in [0.1, 0.15) is 34.3 Å². The number of benzene rings is 6. The number of ether oxygens (including phenoxy) is 6. The monoisotopic (exact) mass is 1480 g/mol. The molecule has 8 aliphatic rings. The van der Waals surface area contributed by atoms with Crippen molar-refractivity contribution in [3.05, 3.63) is 168 Å². The van der Waals surface area contributed by atoms with Crippen LogP contribution in [0.2, 0.25) is 0 Å². The number of ketones is 2. The Hall–Kier alpha value is -8.81. The molecular formula is C80H87F2N4O15S3+. The Morgan fingerprint density at radius 3 is 1.12 bits per heavy atom. The number of aryl methyl sites for hydroxylation is 4. The highest BCUT2D eigenvalue weighted by molar-refractivity contribution is 7.97. The molecule has 19 nitrogen and oxygen atoms in total. The molecule has 0 aliphatic heterocycles. The molecule has 8 bridgehead atoms. The van der Waals surface area contributed by atoms with Gasteiger partial charge in [0.25, 0.3) is 0 Å². The third-order valence-electron chi connectivity index (χ3n) is 20.1. The van der Waals surface area contributed by atoms with E-state index in [1.807, 2.05) is 58.0 Å². The lowest BCUT2D eigenvalue weighted by atomic mass is 9.53. The molecule has 6 unspecified atom stereocenters. The molecule has 6 aromatic rings. The molecule has 0 saturated heterocycles. The van der Waals surface area contributed by atoms with Crippen LogP contribution in [0.3, 0.4) is 0 Å². The fourth-order valence-electron chi connectivity index (χ4n) is 15.7. The molecule has 6 atom stereocenters. The van der Waals surface area contributed by atoms with E-state index in [1.54, 1.807) is 13.0 Å². The van der Waals surface area contributed by atoms with E-state index in [4.69, 9.17) is 23.7 Å². The lowest BCUT2D eigenvalue weighted by molar-refractivity contribution is -0.191. The standard InChI is InChI=1S/2C32H33O4S.C16H22F2N4O7S/c2*1-21-13-28(37(26-9-5-3-6-10-26)27-11-7-4-8-12-27)14-22(2)31(21)35-20-29(33)36-32-17-23-15-24(18-32)30(34)25(16-23)19-32;1-4-28-12(23)5-7-14(2,9-19)21-22-15(3,10-20)8-6-13(24)29-11-16(17,18)30(25,26)27/h2*3-14,23-25H,15-20H2,1-2H3;4-8,11H2,1-3H3,(H,25,26,27)/q2*+1;/p-1. The Morgan fingerprint density at radius 2 is 0.827 bits per heavy atom. The Morgan fingerprint density at radius 1 is 0.519 bits per heavy atom. The number of carbonyl (C=O) groups excluding carboxylic acids is 6. The second-order valence-corrected chi connectivity index (χ2v) is 34.1. The number of Topliss-reactive ketones (excluding diaryl/α,β-unsaturated/α-hetero) is 2. The van der Waals surface area contributed by atoms with Crippen molar-refractivity contribution in [3.63, 3.8) is 0 Å². The summed E-state index contributed by atoms with van der Waals surface area (Å²) >= 11 is 0. The number of hydrogen-bond acceptors (Lipinski definition) is 19. The van der Waals surface area contributed by atoms with Gasteiger partial charge in [0, 0.05) is 60.8 Å². The number of esters is 4. The van der Waals surface area contributed by atoms with Crippen LogP contribution in [-0.4, -0.2) is 102 Å². The van der Waals surface area contributed by atoms with Crippen molar-refractivity contribution in [2.45, 2.75) is 195 Å². The van der Waals surface area contributed by atoms with Crippen LogP contribution in [0.15, 0.2) is 185 Å². The first kappa shape index (κ1) is 77.8. The molecule has 104 heavy (non-hydrogen) atoms. The molecule has 8 fully saturated rings. The molecule has 0 radical (unpaired) electrons. The van der Waals surface area contributed by atoms with Crippen molar-refractivity contribution < 1.29 is 78.9 Å². The van der Waals surface area contributed by atoms with Crippen LogP contribution >= 0.6 is 0 Å². The van der Waals surface area contributed by atoms with Gasteiger partial charge in [0.2, 0.25) is 0 Å². The van der Waals surface area contributed by atoms with E-state index in [0.717, 1.165) is 72.3 Å². The molecule has 0 N–H and O–H groups in total. The Labute approximate surface area is 612 Å². The van der Waals surface area contributed by atoms with Gasteiger partial charge in [0.05, 0.1) is 40.5 Å². The first-order chi connectivity index (χ1) is 49.4. The molecule has 6 aromatic carbocycles. The van der Waals surface area contributed by atoms with Crippen molar-refractivity contribution in [1.82, 2.24) is 0 Å². The van der Waals surface area contributed by atoms with E-state index >= 15 is 0 Å². The summed E-state index contributed by atoms with van der Waals surface area (Å²) < 4.78 is 90.1. The summed E-state index contributed by atoms with van der Waals surface area (Å²) in [7, 11) is -6.48. The lowest BCUT2D eigenvalue weighted by Crippen LogP contribution is -2.57. The smallest absolute Gasteiger partial charge is 0.367 e. The van der Waals surface area contributed by atoms with Gasteiger partial charge in [-0.15, -0.1) is 0 Å². The van der Waals surface area contributed by atoms with Gasteiger partial charge >= 0.3 is 29.1 Å². The van der Waals surface area contributed by atoms with Gasteiger partial charge in [0.15, 0.2) is 70.4 Å². The summed E-state index contributed by atoms with van der Waals surface area (Å²) in [5.41, 5.74) is 0.00135. The zero-order valence-electron chi connectivity index (χ0n) is 59.4. The van der Waals surface area contributed by atoms with Crippen LogP contribution in [0.25, 0.3) is 0 Å². The van der Waals surface area contributed by atoms with Crippen LogP contribution in [0.1, 0.15) is 133 Å². The maximum Gasteiger partial charge on any atom is 0.367 e. The number of nitriles is 2. The molecule has 0 amide bonds. The summed E-state index contributed by atoms with van der Waals surface area (Å²) in [4.78, 5) is 81.2. The van der Waals surface area contributed by atoms with E-state index in [0.29, 0.717) is 49.1 Å². The fourth-order valence-corrected chi connectivity index (χ4v) is 20.4. The zero-order chi connectivity index (χ0) is 74.8. The van der Waals surface area contributed by atoms with Crippen molar-refractivity contribution in [3.8, 4) is 23.6 Å². The number of hydrogen-bond donors (Lipinski definition) is 0. The van der Waals surface area contributed by atoms with E-state index < -0.39 is 62.6 Å². The first-order valence-electron chi connectivity index (χ1n) is 35.0. The van der Waals surface area contributed by atoms with Gasteiger partial charge < -0.3 is 33.0 Å². The van der Waals surface area contributed by atoms with Crippen LogP contribution in [-0.2, 0) is 79.6 Å². The fraction of sp³-hybridized carbons (Fsp3) is 0.450. The lowest BCUT2D eigenvalue weighted by Gasteiger charge is -2.54. The average Bonchev–Trinajstić information content (AvgIpc) is 0.742. The normalized spacial score (nSPS) is 23.1. The minimum Gasteiger partial charge on any atom is -0.743 e. The zero-order valence-corrected chi connectivity index (χ0v) is 61.9. The van der Waals surface area contributed by atoms with Gasteiger partial charge in [-0.1, -0.05) is 72.8 Å². The topological polar surface area (TPSA) is 287 Å². The summed E-state index contributed by atoms with van der Waals surface area (Å²) in [5.74, 6) is 1.16. The number of carbonyl (C=O) groups is 6. The SMILES string of the molecule is CCOC(=O)CCC(C)(C#N)N=NC(C)(C#N)CCC(=O)OCC(F)(F)S(=O)(=O)[O-].Cc1cc([S+](c2ccccc2)c2ccccc2)cc(C)c1OCC(=O)OC12CC3CC(C1)C(=O)C(C3)C2.Cc1cc([S+](c2ccccc2)c2ccccc2)cc(C)c1OCC(=O)OC12CC3CC(C1)C(=O)C(C3)C2. The van der Waals surface area contributed by atoms with Crippen molar-refractivity contribution in [2.75, 3.05) is 26.4 Å². The highest BCUT2D eigenvalue weighted by Crippen LogP contribution is 2.57. The molecule has 548 valence electrons. The summed E-state index contributed by atoms with van der Waals surface area (Å²) in [5, 5.41) is 21.3. The molecule has 8 aliphatic carbocycles. The summed E-state index contributed by atoms with van der Waals surface area (Å²) in [6.07, 6.45) is 7.32. The molecule has 0 aromatic heterocycles. The number of alkyl halides is 2. The third kappa shape index (κ3) is 19.0. The first-order valence-corrected chi connectivity index (χ1v) is 38.9. The minimum atomic E-state index is -6.00. The van der Waals surface area contributed by atoms with Crippen LogP contribution in [0.5, 0.6) is 11.5 Å². The van der Waals surface area contributed by atoms with E-state index in [9.17, 15) is 61.0 Å². The molecule has 0 spiro atoms. The molecule has 24 heteroatoms. The van der Waals surface area contributed by atoms with Gasteiger partial charge in [-0.05, 0) is 208 Å². The van der Waals surface area contributed by atoms with E-state index in [-0.39, 0.29) is 96.5 Å². The second-order valence-electron chi connectivity index (χ2n) is 28.5. The number of azo groups is 1. The minimum absolute atomic E-state index is 0.0475. The Kier molecular flexibility index (Phi) is 24.8. The van der Waals surface area contributed by atoms with Gasteiger partial charge in [-0.3, -0.25) is 19.2 Å². The largest absolute Gasteiger partial charge is 0.743 e. The van der Waals surface area contributed by atoms with Crippen molar-refractivity contribution in [2.24, 2.45) is 45.7 Å². The highest BCUT2D eigenvalue weighted by Gasteiger charge is 2.59. The third-order valence-corrected chi connectivity index (χ3v) is 25.4. The van der Waals surface area contributed by atoms with E-state index in [1.165, 1.54) is 43.2 Å². The molecule has 8 saturated carbocycles. The number of rotatable bonds is 26. The summed E-state index contributed by atoms with van der Waals surface area (Å²) in [6.45, 7) is 10.4. The van der Waals surface area contributed by atoms with Gasteiger partial charge in [-0.25, -0.2) is 18.0 Å². The van der Waals surface area contributed by atoms with Crippen LogP contribution in [0.4, 0.5) is 8.78 Å². The highest BCUT2D eigenvalue weighted by atomic mass is 32.2. The van der Waals surface area contributed by atoms with Crippen LogP contribution < -0.4 is 9.47 Å². The van der Waals surface area contributed by atoms with Gasteiger partial charge in [-0.2, -0.15) is 29.5 Å². The van der Waals surface area contributed by atoms with E-state index in [2.05, 4.69) is 136 Å². The molecule has 14 rings (SSSR count). The quantitative estimate of drug-likeness (QED) is 0.0160.